The molecule has 28 heavy (non-hydrogen) atoms. The molecule has 0 aliphatic carbocycles. The number of carbonyl (C=O) groups excluding carboxylic acids is 1. The number of nitrogens with one attached hydrogen (secondary N) is 3. The molecular weight excluding hydrogens is 352 g/mol. The lowest BCUT2D eigenvalue weighted by Gasteiger charge is -2.13. The smallest absolute Gasteiger partial charge is 0.251 e. The topological polar surface area (TPSA) is 81.7 Å². The van der Waals surface area contributed by atoms with Crippen molar-refractivity contribution in [3.63, 3.8) is 0 Å². The molecule has 2 aromatic rings. The van der Waals surface area contributed by atoms with Crippen molar-refractivity contribution in [1.82, 2.24) is 20.9 Å². The summed E-state index contributed by atoms with van der Waals surface area (Å²) < 4.78 is 0. The van der Waals surface area contributed by atoms with Crippen molar-refractivity contribution in [1.29, 1.82) is 0 Å². The first-order chi connectivity index (χ1) is 13.5. The lowest BCUT2D eigenvalue weighted by atomic mass is 10.1. The number of benzene rings is 1. The van der Waals surface area contributed by atoms with E-state index in [-0.39, 0.29) is 5.91 Å². The van der Waals surface area contributed by atoms with Gasteiger partial charge in [0.15, 0.2) is 5.96 Å². The Balaban J connectivity index is 1.94. The number of aliphatic imine (C=N–C) groups is 1. The van der Waals surface area contributed by atoms with Gasteiger partial charge in [-0.2, -0.15) is 0 Å². The number of anilines is 1. The van der Waals surface area contributed by atoms with Gasteiger partial charge >= 0.3 is 0 Å². The van der Waals surface area contributed by atoms with Crippen LogP contribution in [0.3, 0.4) is 0 Å². The zero-order valence-electron chi connectivity index (χ0n) is 17.1. The minimum absolute atomic E-state index is 0.0702. The second-order valence-corrected chi connectivity index (χ2v) is 6.57. The van der Waals surface area contributed by atoms with Crippen molar-refractivity contribution in [2.45, 2.75) is 19.9 Å². The molecule has 0 fully saturated rings. The summed E-state index contributed by atoms with van der Waals surface area (Å²) in [6.07, 6.45) is 2.61. The number of nitrogens with zero attached hydrogens (tertiary/aromatic N) is 3. The first-order valence-corrected chi connectivity index (χ1v) is 9.49. The number of amides is 1. The summed E-state index contributed by atoms with van der Waals surface area (Å²) in [5.41, 5.74) is 2.89. The van der Waals surface area contributed by atoms with Crippen LogP contribution in [-0.2, 0) is 13.0 Å². The van der Waals surface area contributed by atoms with E-state index < -0.39 is 0 Å². The third-order valence-corrected chi connectivity index (χ3v) is 4.15. The number of hydrogen-bond acceptors (Lipinski definition) is 4. The molecule has 1 aromatic carbocycles. The van der Waals surface area contributed by atoms with E-state index >= 15 is 0 Å². The van der Waals surface area contributed by atoms with Crippen molar-refractivity contribution in [3.05, 3.63) is 59.3 Å². The highest BCUT2D eigenvalue weighted by atomic mass is 16.1. The average molecular weight is 383 g/mol. The molecule has 1 heterocycles. The van der Waals surface area contributed by atoms with Crippen LogP contribution in [-0.4, -0.2) is 51.1 Å². The minimum Gasteiger partial charge on any atom is -0.363 e. The number of carbonyl (C=O) groups is 1. The van der Waals surface area contributed by atoms with Gasteiger partial charge in [-0.15, -0.1) is 0 Å². The summed E-state index contributed by atoms with van der Waals surface area (Å²) in [5, 5.41) is 9.27. The van der Waals surface area contributed by atoms with Crippen LogP contribution in [0.25, 0.3) is 0 Å². The van der Waals surface area contributed by atoms with Gasteiger partial charge in [-0.1, -0.05) is 12.1 Å². The number of pyridine rings is 1. The van der Waals surface area contributed by atoms with Gasteiger partial charge in [-0.3, -0.25) is 4.79 Å². The number of aromatic nitrogens is 1. The highest BCUT2D eigenvalue weighted by molar-refractivity contribution is 5.94. The monoisotopic (exact) mass is 382 g/mol. The van der Waals surface area contributed by atoms with E-state index in [4.69, 9.17) is 0 Å². The van der Waals surface area contributed by atoms with Crippen LogP contribution in [0.1, 0.15) is 28.4 Å². The number of rotatable bonds is 8. The second-order valence-electron chi connectivity index (χ2n) is 6.57. The maximum Gasteiger partial charge on any atom is 0.251 e. The molecule has 0 aliphatic rings. The van der Waals surface area contributed by atoms with Gasteiger partial charge in [-0.25, -0.2) is 9.98 Å². The van der Waals surface area contributed by atoms with Crippen molar-refractivity contribution >= 4 is 17.7 Å². The maximum absolute atomic E-state index is 11.8. The second kappa shape index (κ2) is 10.9. The van der Waals surface area contributed by atoms with Gasteiger partial charge in [0.25, 0.3) is 5.91 Å². The summed E-state index contributed by atoms with van der Waals surface area (Å²) in [5.74, 6) is 1.62. The molecule has 2 rings (SSSR count). The zero-order chi connectivity index (χ0) is 20.4. The van der Waals surface area contributed by atoms with Gasteiger partial charge in [0, 0.05) is 46.0 Å². The molecule has 0 atom stereocenters. The third-order valence-electron chi connectivity index (χ3n) is 4.15. The predicted octanol–water partition coefficient (Wildman–Crippen LogP) is 1.80. The van der Waals surface area contributed by atoms with Crippen LogP contribution in [0.15, 0.2) is 47.6 Å². The molecule has 0 bridgehead atoms. The van der Waals surface area contributed by atoms with Crippen LogP contribution in [0.5, 0.6) is 0 Å². The van der Waals surface area contributed by atoms with Crippen LogP contribution in [0, 0.1) is 0 Å². The van der Waals surface area contributed by atoms with Crippen molar-refractivity contribution < 1.29 is 4.79 Å². The van der Waals surface area contributed by atoms with Gasteiger partial charge in [0.2, 0.25) is 0 Å². The molecule has 1 aromatic heterocycles. The molecule has 0 radical (unpaired) electrons. The Hall–Kier alpha value is -3.09. The van der Waals surface area contributed by atoms with Crippen molar-refractivity contribution in [2.24, 2.45) is 4.99 Å². The molecule has 3 N–H and O–H groups in total. The molecule has 0 saturated heterocycles. The van der Waals surface area contributed by atoms with Gasteiger partial charge in [0.05, 0.1) is 6.54 Å². The highest BCUT2D eigenvalue weighted by Crippen LogP contribution is 2.10. The lowest BCUT2D eigenvalue weighted by molar-refractivity contribution is 0.0963. The summed E-state index contributed by atoms with van der Waals surface area (Å²) in [6, 6.07) is 11.7. The van der Waals surface area contributed by atoms with Gasteiger partial charge in [0.1, 0.15) is 5.82 Å². The Bertz CT molecular complexity index is 803. The normalized spacial score (nSPS) is 11.1. The van der Waals surface area contributed by atoms with Crippen LogP contribution in [0.4, 0.5) is 5.82 Å². The molecule has 0 unspecified atom stereocenters. The molecule has 0 aliphatic heterocycles. The third kappa shape index (κ3) is 6.57. The largest absolute Gasteiger partial charge is 0.363 e. The number of hydrogen-bond donors (Lipinski definition) is 3. The van der Waals surface area contributed by atoms with E-state index in [1.54, 1.807) is 13.2 Å². The quantitative estimate of drug-likeness (QED) is 0.479. The predicted molar refractivity (Wildman–Crippen MR) is 115 cm³/mol. The summed E-state index contributed by atoms with van der Waals surface area (Å²) >= 11 is 0. The van der Waals surface area contributed by atoms with Crippen LogP contribution in [0.2, 0.25) is 0 Å². The van der Waals surface area contributed by atoms with Crippen molar-refractivity contribution in [3.8, 4) is 0 Å². The molecule has 1 amide bonds. The zero-order valence-corrected chi connectivity index (χ0v) is 17.1. The fourth-order valence-corrected chi connectivity index (χ4v) is 2.65. The molecule has 0 spiro atoms. The molecule has 7 heteroatoms. The summed E-state index contributed by atoms with van der Waals surface area (Å²) in [4.78, 5) is 22.7. The maximum atomic E-state index is 11.8. The standard InChI is InChI=1S/C21H30N6O/c1-5-23-21(26-15-17-10-11-24-19(14-17)27(3)4)25-12-9-16-7-6-8-18(13-16)20(28)22-2/h6-8,10-11,13-14H,5,9,12,15H2,1-4H3,(H,22,28)(H2,23,25,26). The van der Waals surface area contributed by atoms with Gasteiger partial charge < -0.3 is 20.9 Å². The first kappa shape index (κ1) is 21.2. The Labute approximate surface area is 167 Å². The summed E-state index contributed by atoms with van der Waals surface area (Å²) in [6.45, 7) is 4.13. The number of guanidine groups is 1. The molecular formula is C21H30N6O. The van der Waals surface area contributed by atoms with Crippen molar-refractivity contribution in [2.75, 3.05) is 39.1 Å². The first-order valence-electron chi connectivity index (χ1n) is 9.49. The Morgan fingerprint density at radius 2 is 1.96 bits per heavy atom. The highest BCUT2D eigenvalue weighted by Gasteiger charge is 2.04. The fraction of sp³-hybridized carbons (Fsp3) is 0.381. The lowest BCUT2D eigenvalue weighted by Crippen LogP contribution is -2.38. The van der Waals surface area contributed by atoms with E-state index in [1.807, 2.05) is 62.3 Å². The van der Waals surface area contributed by atoms with Gasteiger partial charge in [-0.05, 0) is 48.7 Å². The minimum atomic E-state index is -0.0702. The van der Waals surface area contributed by atoms with E-state index in [2.05, 4.69) is 25.9 Å². The van der Waals surface area contributed by atoms with E-state index in [0.29, 0.717) is 12.1 Å². The Kier molecular flexibility index (Phi) is 8.27. The average Bonchev–Trinajstić information content (AvgIpc) is 2.71. The summed E-state index contributed by atoms with van der Waals surface area (Å²) in [7, 11) is 5.58. The Morgan fingerprint density at radius 3 is 2.68 bits per heavy atom. The fourth-order valence-electron chi connectivity index (χ4n) is 2.65. The van der Waals surface area contributed by atoms with Crippen LogP contribution < -0.4 is 20.9 Å². The van der Waals surface area contributed by atoms with E-state index in [0.717, 1.165) is 42.4 Å². The van der Waals surface area contributed by atoms with E-state index in [1.165, 1.54) is 0 Å². The SMILES string of the molecule is CCNC(=NCc1ccnc(N(C)C)c1)NCCc1cccc(C(=O)NC)c1. The molecule has 7 nitrogen and oxygen atoms in total. The van der Waals surface area contributed by atoms with Crippen LogP contribution >= 0.6 is 0 Å². The molecule has 0 saturated carbocycles. The molecule has 150 valence electrons. The Morgan fingerprint density at radius 1 is 1.14 bits per heavy atom. The van der Waals surface area contributed by atoms with E-state index in [9.17, 15) is 4.79 Å².